The molecule has 19 heavy (non-hydrogen) atoms. The first kappa shape index (κ1) is 14.8. The van der Waals surface area contributed by atoms with Crippen LogP contribution in [0.3, 0.4) is 0 Å². The molecule has 4 nitrogen and oxygen atoms in total. The lowest BCUT2D eigenvalue weighted by Gasteiger charge is -2.35. The van der Waals surface area contributed by atoms with E-state index in [1.165, 1.54) is 12.8 Å². The third kappa shape index (κ3) is 4.46. The lowest BCUT2D eigenvalue weighted by molar-refractivity contribution is -0.132. The van der Waals surface area contributed by atoms with Gasteiger partial charge < -0.3 is 14.7 Å². The molecule has 0 bridgehead atoms. The summed E-state index contributed by atoms with van der Waals surface area (Å²) in [5.41, 5.74) is 0. The van der Waals surface area contributed by atoms with Crippen molar-refractivity contribution in [2.45, 2.75) is 33.1 Å². The molecule has 0 aromatic rings. The second-order valence-corrected chi connectivity index (χ2v) is 6.09. The minimum absolute atomic E-state index is 0.366. The van der Waals surface area contributed by atoms with Gasteiger partial charge >= 0.3 is 0 Å². The fourth-order valence-electron chi connectivity index (χ4n) is 3.00. The lowest BCUT2D eigenvalue weighted by atomic mass is 9.99. The Hall–Kier alpha value is -0.610. The van der Waals surface area contributed by atoms with E-state index in [-0.39, 0.29) is 0 Å². The van der Waals surface area contributed by atoms with Gasteiger partial charge in [-0.05, 0) is 25.3 Å². The van der Waals surface area contributed by atoms with E-state index in [0.717, 1.165) is 58.3 Å². The standard InChI is InChI=1S/C15H29N3O/c1-3-16-10-12-17(13-11-16)7-6-15(19)18-8-4-14(2)5-9-18/h14H,3-13H2,1-2H3. The Morgan fingerprint density at radius 3 is 2.16 bits per heavy atom. The summed E-state index contributed by atoms with van der Waals surface area (Å²) in [6, 6.07) is 0. The zero-order chi connectivity index (χ0) is 13.7. The summed E-state index contributed by atoms with van der Waals surface area (Å²) in [4.78, 5) is 19.1. The highest BCUT2D eigenvalue weighted by atomic mass is 16.2. The number of piperazine rings is 1. The van der Waals surface area contributed by atoms with E-state index in [4.69, 9.17) is 0 Å². The van der Waals surface area contributed by atoms with E-state index in [0.29, 0.717) is 12.3 Å². The molecule has 0 atom stereocenters. The van der Waals surface area contributed by atoms with Gasteiger partial charge in [-0.15, -0.1) is 0 Å². The van der Waals surface area contributed by atoms with Crippen molar-refractivity contribution in [3.63, 3.8) is 0 Å². The maximum Gasteiger partial charge on any atom is 0.223 e. The van der Waals surface area contributed by atoms with E-state index in [2.05, 4.69) is 28.5 Å². The van der Waals surface area contributed by atoms with Crippen molar-refractivity contribution in [2.75, 3.05) is 52.4 Å². The second kappa shape index (κ2) is 7.25. The molecule has 2 heterocycles. The van der Waals surface area contributed by atoms with Crippen LogP contribution in [-0.2, 0) is 4.79 Å². The van der Waals surface area contributed by atoms with Crippen LogP contribution < -0.4 is 0 Å². The minimum Gasteiger partial charge on any atom is -0.343 e. The number of likely N-dealkylation sites (tertiary alicyclic amines) is 1. The van der Waals surface area contributed by atoms with E-state index in [9.17, 15) is 4.79 Å². The van der Waals surface area contributed by atoms with Gasteiger partial charge in [0.15, 0.2) is 0 Å². The maximum atomic E-state index is 12.2. The zero-order valence-corrected chi connectivity index (χ0v) is 12.6. The van der Waals surface area contributed by atoms with Crippen molar-refractivity contribution < 1.29 is 4.79 Å². The molecule has 0 aromatic carbocycles. The Bertz CT molecular complexity index is 279. The highest BCUT2D eigenvalue weighted by Gasteiger charge is 2.21. The van der Waals surface area contributed by atoms with Crippen molar-refractivity contribution in [1.82, 2.24) is 14.7 Å². The normalized spacial score (nSPS) is 23.8. The van der Waals surface area contributed by atoms with Gasteiger partial charge in [0.2, 0.25) is 5.91 Å². The van der Waals surface area contributed by atoms with E-state index < -0.39 is 0 Å². The predicted molar refractivity (Wildman–Crippen MR) is 78.1 cm³/mol. The number of likely N-dealkylation sites (N-methyl/N-ethyl adjacent to an activating group) is 1. The van der Waals surface area contributed by atoms with Crippen molar-refractivity contribution >= 4 is 5.91 Å². The summed E-state index contributed by atoms with van der Waals surface area (Å²) >= 11 is 0. The van der Waals surface area contributed by atoms with E-state index in [1.54, 1.807) is 0 Å². The number of rotatable bonds is 4. The summed E-state index contributed by atoms with van der Waals surface area (Å²) in [5, 5.41) is 0. The monoisotopic (exact) mass is 267 g/mol. The van der Waals surface area contributed by atoms with Gasteiger partial charge in [0, 0.05) is 52.2 Å². The summed E-state index contributed by atoms with van der Waals surface area (Å²) in [6.07, 6.45) is 3.07. The van der Waals surface area contributed by atoms with Gasteiger partial charge in [-0.25, -0.2) is 0 Å². The molecule has 2 rings (SSSR count). The van der Waals surface area contributed by atoms with Crippen LogP contribution in [0.1, 0.15) is 33.1 Å². The number of carbonyl (C=O) groups is 1. The molecule has 0 spiro atoms. The molecule has 0 N–H and O–H groups in total. The van der Waals surface area contributed by atoms with E-state index in [1.807, 2.05) is 0 Å². The van der Waals surface area contributed by atoms with Crippen LogP contribution >= 0.6 is 0 Å². The van der Waals surface area contributed by atoms with Gasteiger partial charge in [-0.1, -0.05) is 13.8 Å². The number of nitrogens with zero attached hydrogens (tertiary/aromatic N) is 3. The summed E-state index contributed by atoms with van der Waals surface area (Å²) in [7, 11) is 0. The Balaban J connectivity index is 1.64. The third-order valence-electron chi connectivity index (χ3n) is 4.69. The first-order chi connectivity index (χ1) is 9.19. The van der Waals surface area contributed by atoms with Gasteiger partial charge in [-0.2, -0.15) is 0 Å². The summed E-state index contributed by atoms with van der Waals surface area (Å²) in [5.74, 6) is 1.16. The van der Waals surface area contributed by atoms with E-state index >= 15 is 0 Å². The number of piperidine rings is 1. The SMILES string of the molecule is CCN1CCN(CCC(=O)N2CCC(C)CC2)CC1. The average Bonchev–Trinajstić information content (AvgIpc) is 2.46. The Morgan fingerprint density at radius 2 is 1.58 bits per heavy atom. The lowest BCUT2D eigenvalue weighted by Crippen LogP contribution is -2.47. The molecule has 0 aliphatic carbocycles. The van der Waals surface area contributed by atoms with Crippen LogP contribution in [0.25, 0.3) is 0 Å². The first-order valence-electron chi connectivity index (χ1n) is 7.91. The van der Waals surface area contributed by atoms with Crippen molar-refractivity contribution in [1.29, 1.82) is 0 Å². The van der Waals surface area contributed by atoms with Crippen molar-refractivity contribution in [2.24, 2.45) is 5.92 Å². The predicted octanol–water partition coefficient (Wildman–Crippen LogP) is 1.27. The fraction of sp³-hybridized carbons (Fsp3) is 0.933. The van der Waals surface area contributed by atoms with Gasteiger partial charge in [-0.3, -0.25) is 4.79 Å². The Labute approximate surface area is 117 Å². The molecule has 2 fully saturated rings. The average molecular weight is 267 g/mol. The van der Waals surface area contributed by atoms with Crippen LogP contribution in [0.15, 0.2) is 0 Å². The molecule has 2 saturated heterocycles. The smallest absolute Gasteiger partial charge is 0.223 e. The third-order valence-corrected chi connectivity index (χ3v) is 4.69. The number of amides is 1. The molecular formula is C15H29N3O. The van der Waals surface area contributed by atoms with Gasteiger partial charge in [0.05, 0.1) is 0 Å². The zero-order valence-electron chi connectivity index (χ0n) is 12.6. The fourth-order valence-corrected chi connectivity index (χ4v) is 3.00. The number of hydrogen-bond acceptors (Lipinski definition) is 3. The molecule has 2 aliphatic rings. The maximum absolute atomic E-state index is 12.2. The summed E-state index contributed by atoms with van der Waals surface area (Å²) in [6.45, 7) is 13.1. The largest absolute Gasteiger partial charge is 0.343 e. The van der Waals surface area contributed by atoms with Crippen LogP contribution in [0.2, 0.25) is 0 Å². The van der Waals surface area contributed by atoms with Gasteiger partial charge in [0.1, 0.15) is 0 Å². The van der Waals surface area contributed by atoms with Gasteiger partial charge in [0.25, 0.3) is 0 Å². The number of carbonyl (C=O) groups excluding carboxylic acids is 1. The molecular weight excluding hydrogens is 238 g/mol. The molecule has 0 unspecified atom stereocenters. The Morgan fingerprint density at radius 1 is 1.00 bits per heavy atom. The Kier molecular flexibility index (Phi) is 5.64. The van der Waals surface area contributed by atoms with Crippen molar-refractivity contribution in [3.05, 3.63) is 0 Å². The van der Waals surface area contributed by atoms with Crippen LogP contribution in [0.5, 0.6) is 0 Å². The van der Waals surface area contributed by atoms with Crippen LogP contribution in [0.4, 0.5) is 0 Å². The molecule has 1 amide bonds. The van der Waals surface area contributed by atoms with Crippen molar-refractivity contribution in [3.8, 4) is 0 Å². The van der Waals surface area contributed by atoms with Crippen LogP contribution in [0, 0.1) is 5.92 Å². The summed E-state index contributed by atoms with van der Waals surface area (Å²) < 4.78 is 0. The quantitative estimate of drug-likeness (QED) is 0.767. The highest BCUT2D eigenvalue weighted by molar-refractivity contribution is 5.76. The highest BCUT2D eigenvalue weighted by Crippen LogP contribution is 2.16. The molecule has 2 aliphatic heterocycles. The molecule has 4 heteroatoms. The minimum atomic E-state index is 0.366. The molecule has 0 saturated carbocycles. The number of hydrogen-bond donors (Lipinski definition) is 0. The molecule has 0 radical (unpaired) electrons. The molecule has 0 aromatic heterocycles. The second-order valence-electron chi connectivity index (χ2n) is 6.09. The first-order valence-corrected chi connectivity index (χ1v) is 7.91. The topological polar surface area (TPSA) is 26.8 Å². The van der Waals surface area contributed by atoms with Crippen LogP contribution in [-0.4, -0.2) is 73.0 Å². The molecule has 110 valence electrons.